The molecule has 2 N–H and O–H groups in total. The summed E-state index contributed by atoms with van der Waals surface area (Å²) in [5.74, 6) is 0. The third-order valence-electron chi connectivity index (χ3n) is 3.29. The van der Waals surface area contributed by atoms with Crippen molar-refractivity contribution < 1.29 is 19.7 Å². The minimum absolute atomic E-state index is 0.310. The van der Waals surface area contributed by atoms with Crippen molar-refractivity contribution in [3.8, 4) is 0 Å². The van der Waals surface area contributed by atoms with Gasteiger partial charge in [-0.25, -0.2) is 0 Å². The maximum absolute atomic E-state index is 10.0. The fourth-order valence-electron chi connectivity index (χ4n) is 1.98. The highest BCUT2D eigenvalue weighted by atomic mass is 16.7. The zero-order chi connectivity index (χ0) is 15.8. The number of benzene rings is 2. The van der Waals surface area contributed by atoms with Crippen molar-refractivity contribution in [3.63, 3.8) is 0 Å². The lowest BCUT2D eigenvalue weighted by atomic mass is 10.2. The first-order valence-electron chi connectivity index (χ1n) is 7.34. The summed E-state index contributed by atoms with van der Waals surface area (Å²) >= 11 is 0. The Hall–Kier alpha value is -1.72. The van der Waals surface area contributed by atoms with E-state index in [9.17, 15) is 10.2 Å². The lowest BCUT2D eigenvalue weighted by Gasteiger charge is -2.25. The summed E-state index contributed by atoms with van der Waals surface area (Å²) in [6.45, 7) is 2.13. The van der Waals surface area contributed by atoms with Gasteiger partial charge in [-0.15, -0.1) is 0 Å². The minimum Gasteiger partial charge on any atom is -0.391 e. The third kappa shape index (κ3) is 5.24. The summed E-state index contributed by atoms with van der Waals surface area (Å²) in [4.78, 5) is 0. The number of hydrogen-bond donors (Lipinski definition) is 2. The summed E-state index contributed by atoms with van der Waals surface area (Å²) in [5.41, 5.74) is 1.96. The van der Waals surface area contributed by atoms with Crippen LogP contribution >= 0.6 is 0 Å². The van der Waals surface area contributed by atoms with Gasteiger partial charge in [0.05, 0.1) is 19.3 Å². The SMILES string of the molecule is CC(O)C(O)C(OCc1ccccc1)OCc1ccccc1. The van der Waals surface area contributed by atoms with E-state index in [2.05, 4.69) is 0 Å². The predicted octanol–water partition coefficient (Wildman–Crippen LogP) is 2.49. The first-order chi connectivity index (χ1) is 10.7. The fourth-order valence-corrected chi connectivity index (χ4v) is 1.98. The molecule has 0 heterocycles. The lowest BCUT2D eigenvalue weighted by Crippen LogP contribution is -2.39. The van der Waals surface area contributed by atoms with E-state index in [1.54, 1.807) is 0 Å². The Bertz CT molecular complexity index is 484. The highest BCUT2D eigenvalue weighted by Crippen LogP contribution is 2.13. The topological polar surface area (TPSA) is 58.9 Å². The van der Waals surface area contributed by atoms with Crippen molar-refractivity contribution >= 4 is 0 Å². The van der Waals surface area contributed by atoms with E-state index in [0.29, 0.717) is 13.2 Å². The third-order valence-corrected chi connectivity index (χ3v) is 3.29. The van der Waals surface area contributed by atoms with E-state index in [1.165, 1.54) is 6.92 Å². The smallest absolute Gasteiger partial charge is 0.186 e. The van der Waals surface area contributed by atoms with Crippen LogP contribution in [0.2, 0.25) is 0 Å². The summed E-state index contributed by atoms with van der Waals surface area (Å²) in [7, 11) is 0. The molecule has 4 heteroatoms. The molecule has 0 bridgehead atoms. The molecule has 0 saturated carbocycles. The van der Waals surface area contributed by atoms with Crippen LogP contribution in [0.25, 0.3) is 0 Å². The van der Waals surface area contributed by atoms with Gasteiger partial charge in [0.1, 0.15) is 6.10 Å². The molecule has 0 aromatic heterocycles. The average Bonchev–Trinajstić information content (AvgIpc) is 2.56. The monoisotopic (exact) mass is 302 g/mol. The van der Waals surface area contributed by atoms with Gasteiger partial charge < -0.3 is 19.7 Å². The Kier molecular flexibility index (Phi) is 6.55. The Morgan fingerprint density at radius 3 is 1.55 bits per heavy atom. The molecule has 0 aliphatic rings. The van der Waals surface area contributed by atoms with Gasteiger partial charge in [0.15, 0.2) is 6.29 Å². The van der Waals surface area contributed by atoms with E-state index >= 15 is 0 Å². The number of rotatable bonds is 8. The summed E-state index contributed by atoms with van der Waals surface area (Å²) in [6.07, 6.45) is -2.93. The highest BCUT2D eigenvalue weighted by molar-refractivity contribution is 5.14. The van der Waals surface area contributed by atoms with Gasteiger partial charge >= 0.3 is 0 Å². The fraction of sp³-hybridized carbons (Fsp3) is 0.333. The molecule has 4 nitrogen and oxygen atoms in total. The first-order valence-corrected chi connectivity index (χ1v) is 7.34. The summed E-state index contributed by atoms with van der Waals surface area (Å²) < 4.78 is 11.3. The molecule has 22 heavy (non-hydrogen) atoms. The Labute approximate surface area is 130 Å². The van der Waals surface area contributed by atoms with Gasteiger partial charge in [-0.05, 0) is 18.1 Å². The second-order valence-electron chi connectivity index (χ2n) is 5.19. The summed E-state index contributed by atoms with van der Waals surface area (Å²) in [5, 5.41) is 19.6. The Morgan fingerprint density at radius 2 is 1.18 bits per heavy atom. The van der Waals surface area contributed by atoms with E-state index in [0.717, 1.165) is 11.1 Å². The van der Waals surface area contributed by atoms with Crippen LogP contribution in [-0.2, 0) is 22.7 Å². The van der Waals surface area contributed by atoms with Crippen molar-refractivity contribution in [1.82, 2.24) is 0 Å². The molecule has 0 aliphatic carbocycles. The van der Waals surface area contributed by atoms with Crippen molar-refractivity contribution in [2.45, 2.75) is 38.6 Å². The van der Waals surface area contributed by atoms with E-state index in [-0.39, 0.29) is 0 Å². The molecule has 118 valence electrons. The van der Waals surface area contributed by atoms with Crippen LogP contribution in [0.3, 0.4) is 0 Å². The molecule has 0 saturated heterocycles. The molecule has 0 aliphatic heterocycles. The van der Waals surface area contributed by atoms with E-state index in [1.807, 2.05) is 60.7 Å². The van der Waals surface area contributed by atoms with E-state index in [4.69, 9.17) is 9.47 Å². The molecule has 2 atom stereocenters. The number of aliphatic hydroxyl groups is 2. The van der Waals surface area contributed by atoms with Gasteiger partial charge in [0.25, 0.3) is 0 Å². The van der Waals surface area contributed by atoms with Gasteiger partial charge in [0.2, 0.25) is 0 Å². The molecule has 2 aromatic rings. The molecule has 0 amide bonds. The molecule has 2 aromatic carbocycles. The second-order valence-corrected chi connectivity index (χ2v) is 5.19. The van der Waals surface area contributed by atoms with Crippen LogP contribution in [-0.4, -0.2) is 28.7 Å². The number of hydrogen-bond acceptors (Lipinski definition) is 4. The van der Waals surface area contributed by atoms with Crippen LogP contribution in [0.15, 0.2) is 60.7 Å². The standard InChI is InChI=1S/C18H22O4/c1-14(19)17(20)18(21-12-15-8-4-2-5-9-15)22-13-16-10-6-3-7-11-16/h2-11,14,17-20H,12-13H2,1H3. The van der Waals surface area contributed by atoms with Crippen molar-refractivity contribution in [1.29, 1.82) is 0 Å². The molecule has 2 unspecified atom stereocenters. The van der Waals surface area contributed by atoms with Crippen LogP contribution in [0, 0.1) is 0 Å². The molecule has 0 fully saturated rings. The van der Waals surface area contributed by atoms with Gasteiger partial charge in [-0.3, -0.25) is 0 Å². The first kappa shape index (κ1) is 16.6. The van der Waals surface area contributed by atoms with E-state index < -0.39 is 18.5 Å². The zero-order valence-corrected chi connectivity index (χ0v) is 12.6. The Balaban J connectivity index is 1.93. The van der Waals surface area contributed by atoms with Crippen LogP contribution < -0.4 is 0 Å². The summed E-state index contributed by atoms with van der Waals surface area (Å²) in [6, 6.07) is 19.3. The van der Waals surface area contributed by atoms with Gasteiger partial charge in [-0.2, -0.15) is 0 Å². The number of ether oxygens (including phenoxy) is 2. The minimum atomic E-state index is -1.10. The quantitative estimate of drug-likeness (QED) is 0.736. The normalized spacial score (nSPS) is 14.0. The lowest BCUT2D eigenvalue weighted by molar-refractivity contribution is -0.223. The van der Waals surface area contributed by atoms with Crippen molar-refractivity contribution in [2.24, 2.45) is 0 Å². The van der Waals surface area contributed by atoms with Crippen LogP contribution in [0.1, 0.15) is 18.1 Å². The van der Waals surface area contributed by atoms with Crippen LogP contribution in [0.5, 0.6) is 0 Å². The van der Waals surface area contributed by atoms with Crippen molar-refractivity contribution in [3.05, 3.63) is 71.8 Å². The molecule has 0 radical (unpaired) electrons. The molecule has 2 rings (SSSR count). The molecular weight excluding hydrogens is 280 g/mol. The predicted molar refractivity (Wildman–Crippen MR) is 83.9 cm³/mol. The van der Waals surface area contributed by atoms with Crippen LogP contribution in [0.4, 0.5) is 0 Å². The Morgan fingerprint density at radius 1 is 0.773 bits per heavy atom. The molecule has 0 spiro atoms. The van der Waals surface area contributed by atoms with Gasteiger partial charge in [-0.1, -0.05) is 60.7 Å². The zero-order valence-electron chi connectivity index (χ0n) is 12.6. The number of aliphatic hydroxyl groups excluding tert-OH is 2. The van der Waals surface area contributed by atoms with Gasteiger partial charge in [0, 0.05) is 0 Å². The second kappa shape index (κ2) is 8.66. The maximum atomic E-state index is 10.0. The largest absolute Gasteiger partial charge is 0.391 e. The molecular formula is C18H22O4. The highest BCUT2D eigenvalue weighted by Gasteiger charge is 2.25. The van der Waals surface area contributed by atoms with Crippen molar-refractivity contribution in [2.75, 3.05) is 0 Å². The average molecular weight is 302 g/mol. The maximum Gasteiger partial charge on any atom is 0.186 e.